The maximum absolute atomic E-state index is 5.49. The number of aromatic nitrogens is 1. The summed E-state index contributed by atoms with van der Waals surface area (Å²) in [6.45, 7) is 2.70. The molecule has 2 nitrogen and oxygen atoms in total. The van der Waals surface area contributed by atoms with Crippen LogP contribution in [0.4, 0.5) is 0 Å². The quantitative estimate of drug-likeness (QED) is 0.666. The molecule has 0 spiro atoms. The summed E-state index contributed by atoms with van der Waals surface area (Å²) in [6, 6.07) is 10.4. The molecule has 0 amide bonds. The predicted molar refractivity (Wildman–Crippen MR) is 68.3 cm³/mol. The van der Waals surface area contributed by atoms with Gasteiger partial charge in [-0.3, -0.25) is 0 Å². The summed E-state index contributed by atoms with van der Waals surface area (Å²) in [5.41, 5.74) is 0. The molecule has 0 aliphatic heterocycles. The lowest BCUT2D eigenvalue weighted by molar-refractivity contribution is 0.341. The SMILES string of the molecule is CCOc1ccc2c(ccc3sncc32)c1. The number of hydrogen-bond acceptors (Lipinski definition) is 3. The number of ether oxygens (including phenoxy) is 1. The van der Waals surface area contributed by atoms with Gasteiger partial charge in [-0.1, -0.05) is 6.07 Å². The van der Waals surface area contributed by atoms with Gasteiger partial charge in [0.2, 0.25) is 0 Å². The summed E-state index contributed by atoms with van der Waals surface area (Å²) in [5, 5.41) is 3.68. The standard InChI is InChI=1S/C13H11NOS/c1-2-15-10-4-5-11-9(7-10)3-6-13-12(11)8-14-16-13/h3-8H,2H2,1H3. The average Bonchev–Trinajstić information content (AvgIpc) is 2.77. The highest BCUT2D eigenvalue weighted by atomic mass is 32.1. The van der Waals surface area contributed by atoms with Crippen molar-refractivity contribution in [2.45, 2.75) is 6.92 Å². The Morgan fingerprint density at radius 3 is 3.00 bits per heavy atom. The second-order valence-electron chi connectivity index (χ2n) is 3.62. The van der Waals surface area contributed by atoms with Crippen molar-refractivity contribution in [2.75, 3.05) is 6.61 Å². The second kappa shape index (κ2) is 3.76. The third-order valence-corrected chi connectivity index (χ3v) is 3.40. The molecule has 3 aromatic rings. The Morgan fingerprint density at radius 2 is 2.12 bits per heavy atom. The lowest BCUT2D eigenvalue weighted by Gasteiger charge is -2.05. The first kappa shape index (κ1) is 9.60. The minimum absolute atomic E-state index is 0.702. The van der Waals surface area contributed by atoms with Crippen LogP contribution in [0.15, 0.2) is 36.5 Å². The maximum atomic E-state index is 5.49. The Labute approximate surface area is 97.6 Å². The molecule has 3 rings (SSSR count). The van der Waals surface area contributed by atoms with Crippen molar-refractivity contribution < 1.29 is 4.74 Å². The molecule has 1 heterocycles. The van der Waals surface area contributed by atoms with Gasteiger partial charge in [0.05, 0.1) is 11.3 Å². The molecular formula is C13H11NOS. The van der Waals surface area contributed by atoms with Crippen LogP contribution in [0.1, 0.15) is 6.92 Å². The van der Waals surface area contributed by atoms with E-state index in [-0.39, 0.29) is 0 Å². The summed E-state index contributed by atoms with van der Waals surface area (Å²) >= 11 is 1.54. The molecule has 0 N–H and O–H groups in total. The van der Waals surface area contributed by atoms with Gasteiger partial charge in [-0.15, -0.1) is 0 Å². The van der Waals surface area contributed by atoms with Gasteiger partial charge in [-0.05, 0) is 53.5 Å². The zero-order valence-corrected chi connectivity index (χ0v) is 9.75. The van der Waals surface area contributed by atoms with Crippen LogP contribution < -0.4 is 4.74 Å². The van der Waals surface area contributed by atoms with E-state index in [9.17, 15) is 0 Å². The zero-order chi connectivity index (χ0) is 11.0. The number of fused-ring (bicyclic) bond motifs is 3. The van der Waals surface area contributed by atoms with Crippen LogP contribution in [0.2, 0.25) is 0 Å². The fourth-order valence-corrected chi connectivity index (χ4v) is 2.58. The minimum atomic E-state index is 0.702. The number of rotatable bonds is 2. The molecule has 0 aliphatic carbocycles. The number of hydrogen-bond donors (Lipinski definition) is 0. The summed E-state index contributed by atoms with van der Waals surface area (Å²) in [6.07, 6.45) is 1.93. The summed E-state index contributed by atoms with van der Waals surface area (Å²) in [7, 11) is 0. The van der Waals surface area contributed by atoms with Gasteiger partial charge in [0.25, 0.3) is 0 Å². The second-order valence-corrected chi connectivity index (χ2v) is 4.45. The lowest BCUT2D eigenvalue weighted by Crippen LogP contribution is -1.90. The Hall–Kier alpha value is -1.61. The molecule has 0 saturated carbocycles. The van der Waals surface area contributed by atoms with E-state index in [1.54, 1.807) is 0 Å². The average molecular weight is 229 g/mol. The Bertz CT molecular complexity index is 645. The number of benzene rings is 2. The topological polar surface area (TPSA) is 22.1 Å². The molecule has 2 aromatic carbocycles. The van der Waals surface area contributed by atoms with E-state index in [4.69, 9.17) is 4.74 Å². The molecule has 0 saturated heterocycles. The first-order valence-electron chi connectivity index (χ1n) is 5.28. The van der Waals surface area contributed by atoms with Gasteiger partial charge in [0, 0.05) is 11.6 Å². The smallest absolute Gasteiger partial charge is 0.119 e. The van der Waals surface area contributed by atoms with Crippen molar-refractivity contribution >= 4 is 32.4 Å². The van der Waals surface area contributed by atoms with Crippen molar-refractivity contribution in [1.82, 2.24) is 4.37 Å². The van der Waals surface area contributed by atoms with Gasteiger partial charge in [0.15, 0.2) is 0 Å². The van der Waals surface area contributed by atoms with Gasteiger partial charge < -0.3 is 4.74 Å². The van der Waals surface area contributed by atoms with Gasteiger partial charge in [-0.25, -0.2) is 0 Å². The largest absolute Gasteiger partial charge is 0.494 e. The molecule has 0 atom stereocenters. The monoisotopic (exact) mass is 229 g/mol. The first-order valence-corrected chi connectivity index (χ1v) is 6.06. The van der Waals surface area contributed by atoms with Crippen molar-refractivity contribution in [3.05, 3.63) is 36.5 Å². The molecular weight excluding hydrogens is 218 g/mol. The highest BCUT2D eigenvalue weighted by Gasteiger charge is 2.03. The van der Waals surface area contributed by atoms with Crippen molar-refractivity contribution in [2.24, 2.45) is 0 Å². The van der Waals surface area contributed by atoms with Crippen LogP contribution >= 0.6 is 11.5 Å². The fourth-order valence-electron chi connectivity index (χ4n) is 1.92. The van der Waals surface area contributed by atoms with E-state index in [0.717, 1.165) is 5.75 Å². The molecule has 0 bridgehead atoms. The highest BCUT2D eigenvalue weighted by Crippen LogP contribution is 2.29. The molecule has 3 heteroatoms. The summed E-state index contributed by atoms with van der Waals surface area (Å²) in [4.78, 5) is 0. The summed E-state index contributed by atoms with van der Waals surface area (Å²) < 4.78 is 10.9. The Balaban J connectivity index is 2.28. The van der Waals surface area contributed by atoms with E-state index in [1.807, 2.05) is 19.2 Å². The molecule has 0 aliphatic rings. The first-order chi connectivity index (χ1) is 7.88. The van der Waals surface area contributed by atoms with Crippen molar-refractivity contribution in [3.8, 4) is 5.75 Å². The third-order valence-electron chi connectivity index (χ3n) is 2.64. The fraction of sp³-hybridized carbons (Fsp3) is 0.154. The van der Waals surface area contributed by atoms with Crippen LogP contribution in [0.25, 0.3) is 20.9 Å². The van der Waals surface area contributed by atoms with E-state index in [1.165, 1.54) is 32.4 Å². The molecule has 1 aromatic heterocycles. The minimum Gasteiger partial charge on any atom is -0.494 e. The van der Waals surface area contributed by atoms with Crippen LogP contribution in [0, 0.1) is 0 Å². The molecule has 0 radical (unpaired) electrons. The summed E-state index contributed by atoms with van der Waals surface area (Å²) in [5.74, 6) is 0.928. The van der Waals surface area contributed by atoms with E-state index < -0.39 is 0 Å². The zero-order valence-electron chi connectivity index (χ0n) is 8.93. The highest BCUT2D eigenvalue weighted by molar-refractivity contribution is 7.13. The van der Waals surface area contributed by atoms with Gasteiger partial charge in [0.1, 0.15) is 5.75 Å². The van der Waals surface area contributed by atoms with E-state index >= 15 is 0 Å². The third kappa shape index (κ3) is 1.44. The van der Waals surface area contributed by atoms with Crippen LogP contribution in [-0.2, 0) is 0 Å². The number of nitrogens with zero attached hydrogens (tertiary/aromatic N) is 1. The predicted octanol–water partition coefficient (Wildman–Crippen LogP) is 3.85. The normalized spacial score (nSPS) is 11.1. The van der Waals surface area contributed by atoms with Crippen LogP contribution in [0.5, 0.6) is 5.75 Å². The van der Waals surface area contributed by atoms with E-state index in [2.05, 4.69) is 28.6 Å². The van der Waals surface area contributed by atoms with Gasteiger partial charge in [-0.2, -0.15) is 4.37 Å². The molecule has 0 unspecified atom stereocenters. The Morgan fingerprint density at radius 1 is 1.19 bits per heavy atom. The Kier molecular flexibility index (Phi) is 2.26. The van der Waals surface area contributed by atoms with Crippen LogP contribution in [-0.4, -0.2) is 11.0 Å². The lowest BCUT2D eigenvalue weighted by atomic mass is 10.1. The molecule has 80 valence electrons. The van der Waals surface area contributed by atoms with Crippen LogP contribution in [0.3, 0.4) is 0 Å². The molecule has 0 fully saturated rings. The maximum Gasteiger partial charge on any atom is 0.119 e. The molecule has 16 heavy (non-hydrogen) atoms. The van der Waals surface area contributed by atoms with Crippen molar-refractivity contribution in [3.63, 3.8) is 0 Å². The van der Waals surface area contributed by atoms with Crippen molar-refractivity contribution in [1.29, 1.82) is 0 Å². The van der Waals surface area contributed by atoms with E-state index in [0.29, 0.717) is 6.61 Å². The van der Waals surface area contributed by atoms with Gasteiger partial charge >= 0.3 is 0 Å².